The number of hydrogen-bond donors (Lipinski definition) is 3. The monoisotopic (exact) mass is 198 g/mol. The minimum absolute atomic E-state index is 0.483. The fourth-order valence-corrected chi connectivity index (χ4v) is 1.34. The van der Waals surface area contributed by atoms with E-state index in [4.69, 9.17) is 5.84 Å². The van der Waals surface area contributed by atoms with Crippen LogP contribution in [0.2, 0.25) is 0 Å². The summed E-state index contributed by atoms with van der Waals surface area (Å²) in [6.07, 6.45) is 2.66. The van der Waals surface area contributed by atoms with Gasteiger partial charge in [-0.3, -0.25) is 10.4 Å². The van der Waals surface area contributed by atoms with E-state index in [1.165, 1.54) is 12.8 Å². The third-order valence-electron chi connectivity index (χ3n) is 2.44. The van der Waals surface area contributed by atoms with E-state index in [2.05, 4.69) is 36.5 Å². The molecule has 82 valence electrons. The molecule has 0 heterocycles. The zero-order chi connectivity index (χ0) is 10.6. The van der Waals surface area contributed by atoms with Gasteiger partial charge in [-0.05, 0) is 31.6 Å². The number of guanidine groups is 1. The Labute approximate surface area is 86.3 Å². The van der Waals surface area contributed by atoms with Crippen molar-refractivity contribution in [3.63, 3.8) is 0 Å². The summed E-state index contributed by atoms with van der Waals surface area (Å²) in [6.45, 7) is 7.27. The highest BCUT2D eigenvalue weighted by Crippen LogP contribution is 2.32. The van der Waals surface area contributed by atoms with Gasteiger partial charge < -0.3 is 5.32 Å². The number of hydrazine groups is 1. The molecule has 4 N–H and O–H groups in total. The van der Waals surface area contributed by atoms with E-state index in [-0.39, 0.29) is 0 Å². The van der Waals surface area contributed by atoms with Gasteiger partial charge in [0.15, 0.2) is 0 Å². The Morgan fingerprint density at radius 2 is 2.07 bits per heavy atom. The number of nitrogens with two attached hydrogens (primary N) is 1. The third-order valence-corrected chi connectivity index (χ3v) is 2.44. The smallest absolute Gasteiger partial charge is 0.205 e. The van der Waals surface area contributed by atoms with Gasteiger partial charge in [-0.15, -0.1) is 0 Å². The van der Waals surface area contributed by atoms with Crippen LogP contribution in [0.15, 0.2) is 4.99 Å². The molecule has 1 aliphatic rings. The largest absolute Gasteiger partial charge is 0.353 e. The SMILES string of the molecule is CC(C)CN=C(NN)NC(C)C1CC1. The molecule has 0 bridgehead atoms. The molecular weight excluding hydrogens is 176 g/mol. The van der Waals surface area contributed by atoms with Gasteiger partial charge in [0.05, 0.1) is 0 Å². The van der Waals surface area contributed by atoms with Crippen molar-refractivity contribution >= 4 is 5.96 Å². The minimum Gasteiger partial charge on any atom is -0.353 e. The van der Waals surface area contributed by atoms with Crippen LogP contribution in [0.25, 0.3) is 0 Å². The summed E-state index contributed by atoms with van der Waals surface area (Å²) >= 11 is 0. The first-order valence-corrected chi connectivity index (χ1v) is 5.41. The highest BCUT2D eigenvalue weighted by molar-refractivity contribution is 5.79. The Hall–Kier alpha value is -0.770. The molecule has 1 fully saturated rings. The molecule has 1 rings (SSSR count). The summed E-state index contributed by atoms with van der Waals surface area (Å²) in [7, 11) is 0. The molecule has 0 aliphatic heterocycles. The average Bonchev–Trinajstić information content (AvgIpc) is 2.94. The molecule has 1 saturated carbocycles. The van der Waals surface area contributed by atoms with Crippen LogP contribution < -0.4 is 16.6 Å². The van der Waals surface area contributed by atoms with Crippen molar-refractivity contribution in [2.45, 2.75) is 39.7 Å². The van der Waals surface area contributed by atoms with E-state index in [9.17, 15) is 0 Å². The lowest BCUT2D eigenvalue weighted by molar-refractivity contribution is 0.570. The van der Waals surface area contributed by atoms with Crippen molar-refractivity contribution in [3.05, 3.63) is 0 Å². The Kier molecular flexibility index (Phi) is 4.20. The molecule has 1 aliphatic carbocycles. The maximum atomic E-state index is 5.38. The Morgan fingerprint density at radius 1 is 1.43 bits per heavy atom. The summed E-state index contributed by atoms with van der Waals surface area (Å²) in [4.78, 5) is 4.36. The zero-order valence-corrected chi connectivity index (χ0v) is 9.38. The van der Waals surface area contributed by atoms with Crippen molar-refractivity contribution in [1.82, 2.24) is 10.7 Å². The fraction of sp³-hybridized carbons (Fsp3) is 0.900. The van der Waals surface area contributed by atoms with Crippen molar-refractivity contribution < 1.29 is 0 Å². The van der Waals surface area contributed by atoms with Crippen molar-refractivity contribution in [2.75, 3.05) is 6.54 Å². The molecule has 14 heavy (non-hydrogen) atoms. The summed E-state index contributed by atoms with van der Waals surface area (Å²) in [5.74, 6) is 7.48. The van der Waals surface area contributed by atoms with E-state index in [1.807, 2.05) is 0 Å². The Bertz CT molecular complexity index is 196. The normalized spacial score (nSPS) is 19.6. The molecule has 0 aromatic rings. The molecule has 0 amide bonds. The van der Waals surface area contributed by atoms with Crippen LogP contribution >= 0.6 is 0 Å². The second-order valence-electron chi connectivity index (χ2n) is 4.50. The number of hydrogen-bond acceptors (Lipinski definition) is 2. The predicted octanol–water partition coefficient (Wildman–Crippen LogP) is 0.850. The van der Waals surface area contributed by atoms with E-state index in [1.54, 1.807) is 0 Å². The second-order valence-corrected chi connectivity index (χ2v) is 4.50. The van der Waals surface area contributed by atoms with Crippen LogP contribution in [0.1, 0.15) is 33.6 Å². The van der Waals surface area contributed by atoms with Gasteiger partial charge in [0.2, 0.25) is 5.96 Å². The zero-order valence-electron chi connectivity index (χ0n) is 9.38. The number of nitrogens with zero attached hydrogens (tertiary/aromatic N) is 1. The van der Waals surface area contributed by atoms with Crippen LogP contribution in [-0.4, -0.2) is 18.5 Å². The van der Waals surface area contributed by atoms with Crippen molar-refractivity contribution in [2.24, 2.45) is 22.7 Å². The first-order valence-electron chi connectivity index (χ1n) is 5.41. The van der Waals surface area contributed by atoms with Crippen LogP contribution in [0.4, 0.5) is 0 Å². The van der Waals surface area contributed by atoms with Gasteiger partial charge in [-0.2, -0.15) is 0 Å². The molecule has 1 atom stereocenters. The molecule has 0 aromatic heterocycles. The maximum Gasteiger partial charge on any atom is 0.205 e. The lowest BCUT2D eigenvalue weighted by atomic mass is 10.2. The molecule has 4 heteroatoms. The molecule has 0 saturated heterocycles. The lowest BCUT2D eigenvalue weighted by Crippen LogP contribution is -2.46. The standard InChI is InChI=1S/C10H22N4/c1-7(2)6-12-10(14-11)13-8(3)9-4-5-9/h7-9H,4-6,11H2,1-3H3,(H2,12,13,14). The van der Waals surface area contributed by atoms with Crippen LogP contribution in [-0.2, 0) is 0 Å². The molecular formula is C10H22N4. The quantitative estimate of drug-likeness (QED) is 0.272. The molecule has 4 nitrogen and oxygen atoms in total. The van der Waals surface area contributed by atoms with Gasteiger partial charge in [0, 0.05) is 12.6 Å². The molecule has 0 spiro atoms. The number of aliphatic imine (C=N–C) groups is 1. The summed E-state index contributed by atoms with van der Waals surface area (Å²) in [6, 6.07) is 0.483. The number of nitrogens with one attached hydrogen (secondary N) is 2. The summed E-state index contributed by atoms with van der Waals surface area (Å²) in [5.41, 5.74) is 2.61. The first-order chi connectivity index (χ1) is 6.63. The second kappa shape index (κ2) is 5.20. The Morgan fingerprint density at radius 3 is 2.50 bits per heavy atom. The summed E-state index contributed by atoms with van der Waals surface area (Å²) < 4.78 is 0. The van der Waals surface area contributed by atoms with E-state index in [0.717, 1.165) is 18.4 Å². The molecule has 1 unspecified atom stereocenters. The van der Waals surface area contributed by atoms with Gasteiger partial charge >= 0.3 is 0 Å². The third kappa shape index (κ3) is 3.96. The van der Waals surface area contributed by atoms with E-state index < -0.39 is 0 Å². The van der Waals surface area contributed by atoms with Crippen LogP contribution in [0.3, 0.4) is 0 Å². The van der Waals surface area contributed by atoms with Gasteiger partial charge in [0.1, 0.15) is 0 Å². The van der Waals surface area contributed by atoms with Crippen molar-refractivity contribution in [1.29, 1.82) is 0 Å². The van der Waals surface area contributed by atoms with Gasteiger partial charge in [-0.1, -0.05) is 13.8 Å². The summed E-state index contributed by atoms with van der Waals surface area (Å²) in [5, 5.41) is 3.30. The maximum absolute atomic E-state index is 5.38. The van der Waals surface area contributed by atoms with E-state index in [0.29, 0.717) is 12.0 Å². The average molecular weight is 198 g/mol. The number of rotatable bonds is 4. The highest BCUT2D eigenvalue weighted by atomic mass is 15.3. The minimum atomic E-state index is 0.483. The lowest BCUT2D eigenvalue weighted by Gasteiger charge is -2.16. The van der Waals surface area contributed by atoms with E-state index >= 15 is 0 Å². The Balaban J connectivity index is 2.32. The van der Waals surface area contributed by atoms with Gasteiger partial charge in [-0.25, -0.2) is 5.84 Å². The highest BCUT2D eigenvalue weighted by Gasteiger charge is 2.28. The van der Waals surface area contributed by atoms with Crippen molar-refractivity contribution in [3.8, 4) is 0 Å². The fourth-order valence-electron chi connectivity index (χ4n) is 1.34. The molecule has 0 radical (unpaired) electrons. The van der Waals surface area contributed by atoms with Crippen LogP contribution in [0.5, 0.6) is 0 Å². The molecule has 0 aromatic carbocycles. The van der Waals surface area contributed by atoms with Crippen LogP contribution in [0, 0.1) is 11.8 Å². The predicted molar refractivity (Wildman–Crippen MR) is 59.8 cm³/mol. The first kappa shape index (κ1) is 11.3. The topological polar surface area (TPSA) is 62.4 Å². The van der Waals surface area contributed by atoms with Gasteiger partial charge in [0.25, 0.3) is 0 Å².